The van der Waals surface area contributed by atoms with Crippen LogP contribution in [0.2, 0.25) is 0 Å². The zero-order chi connectivity index (χ0) is 24.1. The lowest BCUT2D eigenvalue weighted by atomic mass is 9.74. The number of hydrogen-bond donors (Lipinski definition) is 1. The van der Waals surface area contributed by atoms with E-state index in [4.69, 9.17) is 15.2 Å². The van der Waals surface area contributed by atoms with Crippen molar-refractivity contribution in [1.29, 1.82) is 0 Å². The van der Waals surface area contributed by atoms with Crippen molar-refractivity contribution in [3.63, 3.8) is 0 Å². The van der Waals surface area contributed by atoms with E-state index in [0.29, 0.717) is 28.9 Å². The highest BCUT2D eigenvalue weighted by atomic mass is 19.1. The van der Waals surface area contributed by atoms with Gasteiger partial charge in [0.15, 0.2) is 11.5 Å². The first-order valence-electron chi connectivity index (χ1n) is 11.0. The topological polar surface area (TPSA) is 90.0 Å². The number of ether oxygens (including phenoxy) is 2. The van der Waals surface area contributed by atoms with Crippen LogP contribution in [0.5, 0.6) is 11.5 Å². The van der Waals surface area contributed by atoms with Gasteiger partial charge in [0, 0.05) is 37.2 Å². The summed E-state index contributed by atoms with van der Waals surface area (Å²) in [5.41, 5.74) is 6.63. The zero-order valence-corrected chi connectivity index (χ0v) is 19.2. The molecule has 2 N–H and O–H groups in total. The van der Waals surface area contributed by atoms with Gasteiger partial charge >= 0.3 is 0 Å². The highest BCUT2D eigenvalue weighted by Crippen LogP contribution is 2.50. The molecule has 7 nitrogen and oxygen atoms in total. The first-order chi connectivity index (χ1) is 16.2. The highest BCUT2D eigenvalue weighted by molar-refractivity contribution is 6.07. The Morgan fingerprint density at radius 1 is 1.21 bits per heavy atom. The van der Waals surface area contributed by atoms with Crippen molar-refractivity contribution in [1.82, 2.24) is 9.88 Å². The van der Waals surface area contributed by atoms with E-state index in [1.807, 2.05) is 31.2 Å². The fourth-order valence-electron chi connectivity index (χ4n) is 4.91. The number of amides is 1. The van der Waals surface area contributed by atoms with Crippen LogP contribution in [0.3, 0.4) is 0 Å². The molecule has 2 aliphatic heterocycles. The number of guanidine groups is 1. The van der Waals surface area contributed by atoms with Crippen molar-refractivity contribution >= 4 is 11.9 Å². The molecule has 0 bridgehead atoms. The van der Waals surface area contributed by atoms with Gasteiger partial charge in [0.2, 0.25) is 5.95 Å². The number of benzene rings is 2. The molecule has 0 fully saturated rings. The van der Waals surface area contributed by atoms with Crippen LogP contribution >= 0.6 is 0 Å². The summed E-state index contributed by atoms with van der Waals surface area (Å²) >= 11 is 0. The van der Waals surface area contributed by atoms with Gasteiger partial charge in [-0.3, -0.25) is 9.69 Å². The minimum atomic E-state index is -1.26. The van der Waals surface area contributed by atoms with Crippen molar-refractivity contribution in [2.45, 2.75) is 30.9 Å². The normalized spacial score (nSPS) is 23.5. The lowest BCUT2D eigenvalue weighted by molar-refractivity contribution is -0.133. The Hall–Kier alpha value is -3.94. The molecule has 5 rings (SSSR count). The Kier molecular flexibility index (Phi) is 5.04. The molecule has 2 aliphatic rings. The Morgan fingerprint density at radius 3 is 2.62 bits per heavy atom. The average Bonchev–Trinajstić information content (AvgIpc) is 3.03. The monoisotopic (exact) mass is 460 g/mol. The van der Waals surface area contributed by atoms with Gasteiger partial charge in [0.1, 0.15) is 17.1 Å². The van der Waals surface area contributed by atoms with Crippen molar-refractivity contribution in [3.05, 3.63) is 77.9 Å². The molecule has 174 valence electrons. The van der Waals surface area contributed by atoms with E-state index < -0.39 is 17.1 Å². The number of methoxy groups -OCH3 is 1. The number of aromatic nitrogens is 1. The molecule has 8 heteroatoms. The van der Waals surface area contributed by atoms with Gasteiger partial charge in [-0.2, -0.15) is 4.39 Å². The van der Waals surface area contributed by atoms with Crippen molar-refractivity contribution in [2.75, 3.05) is 14.2 Å². The summed E-state index contributed by atoms with van der Waals surface area (Å²) in [6.45, 7) is 1.97. The van der Waals surface area contributed by atoms with Gasteiger partial charge in [-0.1, -0.05) is 18.2 Å². The standard InChI is InChI=1S/C26H25FN4O3/c1-25(14-16-6-9-18(33-3)10-7-16)15-26(23(32)31(2)24(28)30-26)20-13-17(8-11-21(20)34-25)19-5-4-12-29-22(19)27/h4-13H,14-15H2,1-3H3,(H2,28,30)/t25-,26?/m1/s1. The second kappa shape index (κ2) is 7.83. The third-order valence-corrected chi connectivity index (χ3v) is 6.53. The summed E-state index contributed by atoms with van der Waals surface area (Å²) in [5.74, 6) is 0.605. The van der Waals surface area contributed by atoms with Crippen LogP contribution < -0.4 is 15.2 Å². The zero-order valence-electron chi connectivity index (χ0n) is 19.2. The minimum Gasteiger partial charge on any atom is -0.497 e. The largest absolute Gasteiger partial charge is 0.497 e. The van der Waals surface area contributed by atoms with E-state index in [0.717, 1.165) is 11.3 Å². The first kappa shape index (κ1) is 21.9. The van der Waals surface area contributed by atoms with Crippen molar-refractivity contribution in [3.8, 4) is 22.6 Å². The Labute approximate surface area is 197 Å². The fourth-order valence-corrected chi connectivity index (χ4v) is 4.91. The number of likely N-dealkylation sites (N-methyl/N-ethyl adjacent to an activating group) is 1. The van der Waals surface area contributed by atoms with E-state index >= 15 is 0 Å². The summed E-state index contributed by atoms with van der Waals surface area (Å²) in [5, 5.41) is 0. The molecule has 1 unspecified atom stereocenters. The molecule has 3 heterocycles. The van der Waals surface area contributed by atoms with Crippen LogP contribution in [0.25, 0.3) is 11.1 Å². The van der Waals surface area contributed by atoms with Crippen molar-refractivity contribution in [2.24, 2.45) is 10.7 Å². The maximum Gasteiger partial charge on any atom is 0.261 e. The quantitative estimate of drug-likeness (QED) is 0.600. The molecular weight excluding hydrogens is 435 g/mol. The van der Waals surface area contributed by atoms with Crippen LogP contribution in [0.1, 0.15) is 24.5 Å². The Balaban J connectivity index is 1.61. The third-order valence-electron chi connectivity index (χ3n) is 6.53. The third kappa shape index (κ3) is 3.46. The molecule has 3 aromatic rings. The molecule has 0 saturated carbocycles. The number of nitrogens with zero attached hydrogens (tertiary/aromatic N) is 3. The molecule has 1 amide bonds. The summed E-state index contributed by atoms with van der Waals surface area (Å²) < 4.78 is 26.2. The molecule has 34 heavy (non-hydrogen) atoms. The number of pyridine rings is 1. The summed E-state index contributed by atoms with van der Waals surface area (Å²) in [6, 6.07) is 16.3. The summed E-state index contributed by atoms with van der Waals surface area (Å²) in [7, 11) is 3.23. The average molecular weight is 461 g/mol. The van der Waals surface area contributed by atoms with Gasteiger partial charge in [0.25, 0.3) is 5.91 Å². The van der Waals surface area contributed by atoms with E-state index in [9.17, 15) is 9.18 Å². The maximum atomic E-state index is 14.4. The fraction of sp³-hybridized carbons (Fsp3) is 0.269. The van der Waals surface area contributed by atoms with Crippen molar-refractivity contribution < 1.29 is 18.7 Å². The van der Waals surface area contributed by atoms with Crippen LogP contribution in [0.4, 0.5) is 4.39 Å². The lowest BCUT2D eigenvalue weighted by Crippen LogP contribution is -2.51. The summed E-state index contributed by atoms with van der Waals surface area (Å²) in [4.78, 5) is 23.3. The van der Waals surface area contributed by atoms with E-state index in [-0.39, 0.29) is 18.3 Å². The number of hydrogen-bond acceptors (Lipinski definition) is 6. The maximum absolute atomic E-state index is 14.4. The van der Waals surface area contributed by atoms with Crippen LogP contribution in [-0.4, -0.2) is 41.5 Å². The number of aliphatic imine (C=N–C) groups is 1. The van der Waals surface area contributed by atoms with Crippen LogP contribution in [0, 0.1) is 5.95 Å². The Morgan fingerprint density at radius 2 is 1.97 bits per heavy atom. The second-order valence-corrected chi connectivity index (χ2v) is 9.00. The number of carbonyl (C=O) groups is 1. The predicted octanol–water partition coefficient (Wildman–Crippen LogP) is 3.66. The molecule has 0 saturated heterocycles. The SMILES string of the molecule is COc1ccc(C[C@]2(C)CC3(N=C(N)N(C)C3=O)c3cc(-c4cccnc4F)ccc3O2)cc1. The van der Waals surface area contributed by atoms with Crippen LogP contribution in [-0.2, 0) is 16.8 Å². The van der Waals surface area contributed by atoms with Gasteiger partial charge in [0.05, 0.1) is 7.11 Å². The first-order valence-corrected chi connectivity index (χ1v) is 11.0. The second-order valence-electron chi connectivity index (χ2n) is 9.00. The lowest BCUT2D eigenvalue weighted by Gasteiger charge is -2.43. The number of halogens is 1. The number of carbonyl (C=O) groups excluding carboxylic acids is 1. The summed E-state index contributed by atoms with van der Waals surface area (Å²) in [6.07, 6.45) is 2.22. The molecule has 1 spiro atoms. The smallest absolute Gasteiger partial charge is 0.261 e. The number of fused-ring (bicyclic) bond motifs is 2. The molecule has 2 atom stereocenters. The number of rotatable bonds is 4. The van der Waals surface area contributed by atoms with E-state index in [2.05, 4.69) is 9.98 Å². The van der Waals surface area contributed by atoms with E-state index in [1.165, 1.54) is 11.1 Å². The van der Waals surface area contributed by atoms with Gasteiger partial charge < -0.3 is 15.2 Å². The van der Waals surface area contributed by atoms with Gasteiger partial charge in [-0.15, -0.1) is 0 Å². The highest BCUT2D eigenvalue weighted by Gasteiger charge is 2.56. The van der Waals surface area contributed by atoms with Gasteiger partial charge in [-0.25, -0.2) is 9.98 Å². The number of nitrogens with two attached hydrogens (primary N) is 1. The molecule has 2 aromatic carbocycles. The molecular formula is C26H25FN4O3. The van der Waals surface area contributed by atoms with E-state index in [1.54, 1.807) is 44.5 Å². The molecule has 0 aliphatic carbocycles. The van der Waals surface area contributed by atoms with Crippen LogP contribution in [0.15, 0.2) is 65.8 Å². The van der Waals surface area contributed by atoms with Gasteiger partial charge in [-0.05, 0) is 54.4 Å². The molecule has 0 radical (unpaired) electrons. The Bertz CT molecular complexity index is 1310. The molecule has 1 aromatic heterocycles. The minimum absolute atomic E-state index is 0.141. The predicted molar refractivity (Wildman–Crippen MR) is 126 cm³/mol.